The summed E-state index contributed by atoms with van der Waals surface area (Å²) in [5.41, 5.74) is 1.26. The fourth-order valence-electron chi connectivity index (χ4n) is 2.92. The van der Waals surface area contributed by atoms with Crippen LogP contribution in [0.4, 0.5) is 0 Å². The highest BCUT2D eigenvalue weighted by Gasteiger charge is 2.22. The Labute approximate surface area is 137 Å². The van der Waals surface area contributed by atoms with Crippen molar-refractivity contribution >= 4 is 5.91 Å². The fourth-order valence-corrected chi connectivity index (χ4v) is 2.92. The van der Waals surface area contributed by atoms with Gasteiger partial charge in [0.25, 0.3) is 0 Å². The predicted molar refractivity (Wildman–Crippen MR) is 89.6 cm³/mol. The van der Waals surface area contributed by atoms with E-state index < -0.39 is 0 Å². The first kappa shape index (κ1) is 15.8. The standard InChI is InChI=1S/C19H24N2O2/c22-19(20-12-18-10-5-11-23-18)15-21(14-17-8-4-9-17)13-16-6-2-1-3-7-16/h1-3,5-7,10-11,17H,4,8-9,12-15H2,(H,20,22). The molecule has 1 aromatic carbocycles. The van der Waals surface area contributed by atoms with Gasteiger partial charge in [0.15, 0.2) is 0 Å². The van der Waals surface area contributed by atoms with E-state index in [1.807, 2.05) is 30.3 Å². The molecule has 0 aliphatic heterocycles. The average molecular weight is 312 g/mol. The molecule has 3 rings (SSSR count). The van der Waals surface area contributed by atoms with Crippen molar-refractivity contribution in [2.75, 3.05) is 13.1 Å². The van der Waals surface area contributed by atoms with Gasteiger partial charge < -0.3 is 9.73 Å². The first-order valence-corrected chi connectivity index (χ1v) is 8.35. The van der Waals surface area contributed by atoms with E-state index in [0.29, 0.717) is 13.1 Å². The van der Waals surface area contributed by atoms with E-state index in [1.165, 1.54) is 24.8 Å². The second kappa shape index (κ2) is 7.97. The highest BCUT2D eigenvalue weighted by atomic mass is 16.3. The van der Waals surface area contributed by atoms with Gasteiger partial charge in [0, 0.05) is 13.1 Å². The molecular formula is C19H24N2O2. The third-order valence-electron chi connectivity index (χ3n) is 4.40. The normalized spacial score (nSPS) is 14.7. The highest BCUT2D eigenvalue weighted by Crippen LogP contribution is 2.27. The number of carbonyl (C=O) groups excluding carboxylic acids is 1. The molecule has 1 aliphatic carbocycles. The predicted octanol–water partition coefficient (Wildman–Crippen LogP) is 3.20. The van der Waals surface area contributed by atoms with Crippen molar-refractivity contribution in [1.29, 1.82) is 0 Å². The Hall–Kier alpha value is -2.07. The first-order chi connectivity index (χ1) is 11.3. The number of hydrogen-bond acceptors (Lipinski definition) is 3. The number of rotatable bonds is 8. The van der Waals surface area contributed by atoms with Gasteiger partial charge in [-0.25, -0.2) is 0 Å². The molecule has 1 N–H and O–H groups in total. The molecule has 0 bridgehead atoms. The number of hydrogen-bond donors (Lipinski definition) is 1. The summed E-state index contributed by atoms with van der Waals surface area (Å²) in [6.45, 7) is 2.72. The smallest absolute Gasteiger partial charge is 0.234 e. The second-order valence-corrected chi connectivity index (χ2v) is 6.31. The van der Waals surface area contributed by atoms with Crippen LogP contribution in [0.1, 0.15) is 30.6 Å². The Bertz CT molecular complexity index is 591. The van der Waals surface area contributed by atoms with Gasteiger partial charge in [0.05, 0.1) is 19.4 Å². The summed E-state index contributed by atoms with van der Waals surface area (Å²) in [6.07, 6.45) is 5.53. The molecule has 1 saturated carbocycles. The van der Waals surface area contributed by atoms with E-state index in [0.717, 1.165) is 24.8 Å². The van der Waals surface area contributed by atoms with E-state index in [9.17, 15) is 4.79 Å². The Morgan fingerprint density at radius 2 is 2.00 bits per heavy atom. The van der Waals surface area contributed by atoms with E-state index in [4.69, 9.17) is 4.42 Å². The molecule has 1 aromatic heterocycles. The average Bonchev–Trinajstić information content (AvgIpc) is 3.03. The van der Waals surface area contributed by atoms with Crippen LogP contribution in [0.3, 0.4) is 0 Å². The molecule has 1 fully saturated rings. The molecule has 4 heteroatoms. The van der Waals surface area contributed by atoms with Crippen LogP contribution in [-0.2, 0) is 17.9 Å². The number of carbonyl (C=O) groups is 1. The van der Waals surface area contributed by atoms with Crippen molar-refractivity contribution in [3.63, 3.8) is 0 Å². The number of nitrogens with one attached hydrogen (secondary N) is 1. The minimum absolute atomic E-state index is 0.0525. The molecule has 0 spiro atoms. The molecule has 0 atom stereocenters. The molecule has 1 aliphatic rings. The van der Waals surface area contributed by atoms with Crippen LogP contribution in [0, 0.1) is 5.92 Å². The lowest BCUT2D eigenvalue weighted by molar-refractivity contribution is -0.122. The van der Waals surface area contributed by atoms with Gasteiger partial charge in [0.2, 0.25) is 5.91 Å². The summed E-state index contributed by atoms with van der Waals surface area (Å²) in [5, 5.41) is 2.94. The number of furan rings is 1. The lowest BCUT2D eigenvalue weighted by Gasteiger charge is -2.32. The third kappa shape index (κ3) is 4.96. The maximum Gasteiger partial charge on any atom is 0.234 e. The van der Waals surface area contributed by atoms with E-state index in [1.54, 1.807) is 6.26 Å². The maximum atomic E-state index is 12.2. The molecule has 2 aromatic rings. The fraction of sp³-hybridized carbons (Fsp3) is 0.421. The lowest BCUT2D eigenvalue weighted by Crippen LogP contribution is -2.40. The topological polar surface area (TPSA) is 45.5 Å². The molecule has 4 nitrogen and oxygen atoms in total. The molecule has 0 saturated heterocycles. The number of amides is 1. The minimum Gasteiger partial charge on any atom is -0.467 e. The first-order valence-electron chi connectivity index (χ1n) is 8.35. The van der Waals surface area contributed by atoms with Crippen molar-refractivity contribution in [2.24, 2.45) is 5.92 Å². The zero-order chi connectivity index (χ0) is 15.9. The second-order valence-electron chi connectivity index (χ2n) is 6.31. The van der Waals surface area contributed by atoms with Gasteiger partial charge >= 0.3 is 0 Å². The lowest BCUT2D eigenvalue weighted by atomic mass is 9.85. The zero-order valence-corrected chi connectivity index (χ0v) is 13.4. The third-order valence-corrected chi connectivity index (χ3v) is 4.40. The Balaban J connectivity index is 1.52. The molecule has 1 amide bonds. The van der Waals surface area contributed by atoms with E-state index in [-0.39, 0.29) is 5.91 Å². The summed E-state index contributed by atoms with van der Waals surface area (Å²) < 4.78 is 5.25. The minimum atomic E-state index is 0.0525. The van der Waals surface area contributed by atoms with Crippen LogP contribution < -0.4 is 5.32 Å². The summed E-state index contributed by atoms with van der Waals surface area (Å²) in [5.74, 6) is 1.58. The zero-order valence-electron chi connectivity index (χ0n) is 13.4. The number of benzene rings is 1. The molecular weight excluding hydrogens is 288 g/mol. The van der Waals surface area contributed by atoms with Gasteiger partial charge in [-0.3, -0.25) is 9.69 Å². The molecule has 0 radical (unpaired) electrons. The van der Waals surface area contributed by atoms with Crippen molar-refractivity contribution in [3.8, 4) is 0 Å². The van der Waals surface area contributed by atoms with Crippen molar-refractivity contribution < 1.29 is 9.21 Å². The summed E-state index contributed by atoms with van der Waals surface area (Å²) in [6, 6.07) is 14.1. The van der Waals surface area contributed by atoms with Crippen LogP contribution in [0.2, 0.25) is 0 Å². The van der Waals surface area contributed by atoms with E-state index in [2.05, 4.69) is 22.3 Å². The molecule has 122 valence electrons. The van der Waals surface area contributed by atoms with Crippen LogP contribution in [0.15, 0.2) is 53.1 Å². The van der Waals surface area contributed by atoms with Crippen LogP contribution in [0.25, 0.3) is 0 Å². The summed E-state index contributed by atoms with van der Waals surface area (Å²) >= 11 is 0. The van der Waals surface area contributed by atoms with Gasteiger partial charge in [0.1, 0.15) is 5.76 Å². The van der Waals surface area contributed by atoms with Gasteiger partial charge in [-0.05, 0) is 36.5 Å². The summed E-state index contributed by atoms with van der Waals surface area (Å²) in [7, 11) is 0. The Kier molecular flexibility index (Phi) is 5.48. The van der Waals surface area contributed by atoms with E-state index >= 15 is 0 Å². The Morgan fingerprint density at radius 1 is 1.17 bits per heavy atom. The van der Waals surface area contributed by atoms with Gasteiger partial charge in [-0.15, -0.1) is 0 Å². The highest BCUT2D eigenvalue weighted by molar-refractivity contribution is 5.77. The largest absolute Gasteiger partial charge is 0.467 e. The Morgan fingerprint density at radius 3 is 2.65 bits per heavy atom. The van der Waals surface area contributed by atoms with Crippen LogP contribution in [-0.4, -0.2) is 23.9 Å². The van der Waals surface area contributed by atoms with Crippen LogP contribution >= 0.6 is 0 Å². The quantitative estimate of drug-likeness (QED) is 0.814. The molecule has 1 heterocycles. The molecule has 0 unspecified atom stereocenters. The number of nitrogens with zero attached hydrogens (tertiary/aromatic N) is 1. The van der Waals surface area contributed by atoms with Crippen molar-refractivity contribution in [1.82, 2.24) is 10.2 Å². The molecule has 23 heavy (non-hydrogen) atoms. The SMILES string of the molecule is O=C(CN(Cc1ccccc1)CC1CCC1)NCc1ccco1. The van der Waals surface area contributed by atoms with Crippen molar-refractivity contribution in [3.05, 3.63) is 60.1 Å². The summed E-state index contributed by atoms with van der Waals surface area (Å²) in [4.78, 5) is 14.5. The van der Waals surface area contributed by atoms with Crippen LogP contribution in [0.5, 0.6) is 0 Å². The van der Waals surface area contributed by atoms with Gasteiger partial charge in [-0.2, -0.15) is 0 Å². The van der Waals surface area contributed by atoms with Crippen molar-refractivity contribution in [2.45, 2.75) is 32.4 Å². The van der Waals surface area contributed by atoms with Gasteiger partial charge in [-0.1, -0.05) is 36.8 Å². The maximum absolute atomic E-state index is 12.2. The monoisotopic (exact) mass is 312 g/mol.